The third-order valence-electron chi connectivity index (χ3n) is 11.9. The summed E-state index contributed by atoms with van der Waals surface area (Å²) in [5.41, 5.74) is 7.64. The molecular weight excluding hydrogens is 755 g/mol. The Hall–Kier alpha value is -4.47. The van der Waals surface area contributed by atoms with Crippen LogP contribution < -0.4 is 11.5 Å². The Bertz CT molecular complexity index is 1920. The maximum absolute atomic E-state index is 16.8. The minimum absolute atomic E-state index is 0.0341. The summed E-state index contributed by atoms with van der Waals surface area (Å²) in [5, 5.41) is 19.3. The molecule has 13 atom stereocenters. The van der Waals surface area contributed by atoms with Crippen molar-refractivity contribution in [3.8, 4) is 23.1 Å². The molecule has 3 aliphatic heterocycles. The summed E-state index contributed by atoms with van der Waals surface area (Å²) in [6, 6.07) is 5.42. The number of aliphatic hydroxyl groups excluding tert-OH is 1. The number of aliphatic hydroxyl groups is 1. The van der Waals surface area contributed by atoms with Crippen LogP contribution in [0.3, 0.4) is 0 Å². The van der Waals surface area contributed by atoms with Gasteiger partial charge in [0.05, 0.1) is 36.6 Å². The van der Waals surface area contributed by atoms with Crippen LogP contribution in [-0.4, -0.2) is 122 Å². The van der Waals surface area contributed by atoms with Crippen LogP contribution >= 0.6 is 0 Å². The van der Waals surface area contributed by atoms with Crippen LogP contribution in [0.5, 0.6) is 0 Å². The number of amides is 1. The molecule has 1 amide bonds. The summed E-state index contributed by atoms with van der Waals surface area (Å²) in [4.78, 5) is 57.6. The Kier molecular flexibility index (Phi) is 13.4. The molecule has 58 heavy (non-hydrogen) atoms. The molecular formula is C41H57FN6O10. The number of esters is 1. The number of ketones is 2. The van der Waals surface area contributed by atoms with Gasteiger partial charge in [0.2, 0.25) is 0 Å². The molecule has 2 aromatic rings. The highest BCUT2D eigenvalue weighted by Crippen LogP contribution is 2.43. The van der Waals surface area contributed by atoms with Gasteiger partial charge in [-0.25, -0.2) is 18.7 Å². The molecule has 3 fully saturated rings. The molecule has 1 aromatic carbocycles. The van der Waals surface area contributed by atoms with Crippen molar-refractivity contribution in [2.24, 2.45) is 23.5 Å². The summed E-state index contributed by atoms with van der Waals surface area (Å²) < 4.78 is 48.2. The third-order valence-corrected chi connectivity index (χ3v) is 11.9. The van der Waals surface area contributed by atoms with Gasteiger partial charge in [0.25, 0.3) is 5.67 Å². The molecule has 4 heterocycles. The van der Waals surface area contributed by atoms with E-state index >= 15 is 4.39 Å². The fourth-order valence-electron chi connectivity index (χ4n) is 8.68. The van der Waals surface area contributed by atoms with E-state index in [4.69, 9.17) is 35.2 Å². The molecule has 17 heteroatoms. The van der Waals surface area contributed by atoms with Gasteiger partial charge in [-0.1, -0.05) is 56.9 Å². The standard InChI is InChI=1S/C41H57FN6O10/c1-10-30-41(8)33(48(38(53)58-41)17-12-11-16-47-21-29(45-46-47)26-14-13-15-27(43)19-26)24(4)31(49)22(2)20-39(6,54-9)35(25(5)34(51)40(7,42)37(52)56-30)57-36-32(50)28(44)18-23(3)55-36/h13-15,19,21-25,28,30,32-33,35-36,50H,10,16-18,20,43-44H2,1-9H3/t22-,23-,24+,25+,28?,30-,32?,33-,35-,36+,39-,40+,41-/m1/s1. The number of hydrogen-bond donors (Lipinski definition) is 3. The first-order chi connectivity index (χ1) is 27.2. The second-order valence-electron chi connectivity index (χ2n) is 16.4. The number of aromatic nitrogens is 3. The van der Waals surface area contributed by atoms with Gasteiger partial charge in [-0.3, -0.25) is 14.5 Å². The third kappa shape index (κ3) is 8.76. The fourth-order valence-corrected chi connectivity index (χ4v) is 8.68. The number of methoxy groups -OCH3 is 1. The van der Waals surface area contributed by atoms with Crippen molar-refractivity contribution in [1.82, 2.24) is 19.9 Å². The molecule has 0 radical (unpaired) electrons. The maximum Gasteiger partial charge on any atom is 0.411 e. The number of benzene rings is 1. The molecule has 0 aliphatic carbocycles. The minimum atomic E-state index is -3.22. The number of ether oxygens (including phenoxy) is 5. The van der Waals surface area contributed by atoms with Gasteiger partial charge in [0, 0.05) is 42.2 Å². The Morgan fingerprint density at radius 3 is 2.41 bits per heavy atom. The Morgan fingerprint density at radius 1 is 1.07 bits per heavy atom. The van der Waals surface area contributed by atoms with Crippen molar-refractivity contribution in [2.45, 2.75) is 141 Å². The lowest BCUT2D eigenvalue weighted by molar-refractivity contribution is -0.288. The van der Waals surface area contributed by atoms with Crippen LogP contribution in [0.1, 0.15) is 74.7 Å². The summed E-state index contributed by atoms with van der Waals surface area (Å²) in [6.07, 6.45) is -4.53. The van der Waals surface area contributed by atoms with Crippen molar-refractivity contribution in [2.75, 3.05) is 19.4 Å². The molecule has 0 bridgehead atoms. The van der Waals surface area contributed by atoms with Crippen molar-refractivity contribution in [3.05, 3.63) is 30.5 Å². The Balaban J connectivity index is 1.49. The van der Waals surface area contributed by atoms with Gasteiger partial charge in [-0.05, 0) is 59.1 Å². The zero-order valence-electron chi connectivity index (χ0n) is 34.6. The van der Waals surface area contributed by atoms with Crippen LogP contribution in [0, 0.1) is 29.6 Å². The van der Waals surface area contributed by atoms with Gasteiger partial charge in [0.15, 0.2) is 17.7 Å². The number of alkyl halides is 1. The number of carbonyl (C=O) groups excluding carboxylic acids is 4. The van der Waals surface area contributed by atoms with E-state index in [1.807, 2.05) is 12.1 Å². The zero-order valence-corrected chi connectivity index (χ0v) is 34.6. The molecule has 0 saturated carbocycles. The lowest BCUT2D eigenvalue weighted by Crippen LogP contribution is -2.61. The largest absolute Gasteiger partial charge is 0.455 e. The number of nitrogen functional groups attached to an aromatic ring is 1. The summed E-state index contributed by atoms with van der Waals surface area (Å²) in [5.74, 6) is -0.200. The highest BCUT2D eigenvalue weighted by Gasteiger charge is 2.61. The van der Waals surface area contributed by atoms with Crippen LogP contribution in [0.4, 0.5) is 14.9 Å². The number of hydrogen-bond acceptors (Lipinski definition) is 14. The number of carbonyl (C=O) groups is 4. The smallest absolute Gasteiger partial charge is 0.411 e. The number of rotatable bonds is 7. The first-order valence-electron chi connectivity index (χ1n) is 19.7. The van der Waals surface area contributed by atoms with Gasteiger partial charge >= 0.3 is 12.1 Å². The zero-order chi connectivity index (χ0) is 42.9. The SMILES string of the molecule is CC[C@H]1OC(=O)[C@@](C)(F)C(=O)[C@H](C)[C@@H](O[C@@H]2O[C@H](C)CC(N)C2O)[C@](C)(OC)C[C@@H](C)C(=O)[C@H](C)[C@H]2N(CC#CCn3cc(-c4cccc(N)c4)nn3)C(=O)O[C@]12C. The summed E-state index contributed by atoms with van der Waals surface area (Å²) in [6.45, 7) is 12.0. The van der Waals surface area contributed by atoms with Crippen LogP contribution in [0.25, 0.3) is 11.3 Å². The van der Waals surface area contributed by atoms with Crippen molar-refractivity contribution in [3.63, 3.8) is 0 Å². The van der Waals surface area contributed by atoms with E-state index in [1.54, 1.807) is 52.9 Å². The molecule has 2 unspecified atom stereocenters. The van der Waals surface area contributed by atoms with Crippen LogP contribution in [0.2, 0.25) is 0 Å². The van der Waals surface area contributed by atoms with E-state index in [9.17, 15) is 24.3 Å². The number of anilines is 1. The number of nitrogens with two attached hydrogens (primary N) is 2. The van der Waals surface area contributed by atoms with E-state index in [0.717, 1.165) is 12.5 Å². The van der Waals surface area contributed by atoms with Gasteiger partial charge < -0.3 is 40.3 Å². The average molecular weight is 813 g/mol. The summed E-state index contributed by atoms with van der Waals surface area (Å²) >= 11 is 0. The second kappa shape index (κ2) is 17.4. The van der Waals surface area contributed by atoms with Crippen molar-refractivity contribution < 1.29 is 52.4 Å². The first-order valence-corrected chi connectivity index (χ1v) is 19.7. The van der Waals surface area contributed by atoms with Gasteiger partial charge in [-0.2, -0.15) is 0 Å². The Labute approximate surface area is 338 Å². The minimum Gasteiger partial charge on any atom is -0.455 e. The van der Waals surface area contributed by atoms with E-state index in [-0.39, 0.29) is 31.7 Å². The molecule has 5 rings (SSSR count). The molecule has 1 aromatic heterocycles. The molecule has 318 valence electrons. The highest BCUT2D eigenvalue weighted by atomic mass is 19.1. The van der Waals surface area contributed by atoms with E-state index in [1.165, 1.54) is 30.5 Å². The van der Waals surface area contributed by atoms with E-state index < -0.39 is 95.3 Å². The summed E-state index contributed by atoms with van der Waals surface area (Å²) in [7, 11) is 1.36. The van der Waals surface area contributed by atoms with Crippen molar-refractivity contribution >= 4 is 29.3 Å². The maximum atomic E-state index is 16.8. The number of cyclic esters (lactones) is 1. The van der Waals surface area contributed by atoms with E-state index in [2.05, 4.69) is 22.2 Å². The Morgan fingerprint density at radius 2 is 1.76 bits per heavy atom. The molecule has 0 spiro atoms. The number of Topliss-reactive ketones (excluding diaryl/α,β-unsaturated/α-hetero) is 2. The monoisotopic (exact) mass is 812 g/mol. The average Bonchev–Trinajstić information content (AvgIpc) is 3.75. The number of fused-ring (bicyclic) bond motifs is 1. The predicted octanol–water partition coefficient (Wildman–Crippen LogP) is 3.22. The first kappa shape index (κ1) is 44.6. The molecule has 16 nitrogen and oxygen atoms in total. The normalized spacial score (nSPS) is 37.6. The quantitative estimate of drug-likeness (QED) is 0.158. The number of nitrogens with zero attached hydrogens (tertiary/aromatic N) is 4. The molecule has 5 N–H and O–H groups in total. The lowest BCUT2D eigenvalue weighted by Gasteiger charge is -2.46. The highest BCUT2D eigenvalue weighted by molar-refractivity contribution is 6.08. The topological polar surface area (TPSA) is 221 Å². The molecule has 3 aliphatic rings. The van der Waals surface area contributed by atoms with Crippen LogP contribution in [-0.2, 0) is 44.6 Å². The predicted molar refractivity (Wildman–Crippen MR) is 208 cm³/mol. The van der Waals surface area contributed by atoms with Gasteiger partial charge in [-0.15, -0.1) is 5.10 Å². The van der Waals surface area contributed by atoms with Crippen molar-refractivity contribution in [1.29, 1.82) is 0 Å². The lowest BCUT2D eigenvalue weighted by atomic mass is 9.73. The van der Waals surface area contributed by atoms with E-state index in [0.29, 0.717) is 17.8 Å². The fraction of sp³-hybridized carbons (Fsp3) is 0.659. The van der Waals surface area contributed by atoms with Crippen LogP contribution in [0.15, 0.2) is 30.5 Å². The molecule has 3 saturated heterocycles. The second-order valence-corrected chi connectivity index (χ2v) is 16.4. The number of halogens is 1. The van der Waals surface area contributed by atoms with Gasteiger partial charge in [0.1, 0.15) is 30.2 Å².